The Bertz CT molecular complexity index is 327. The maximum atomic E-state index is 12.5. The molecule has 2 atom stereocenters. The minimum Gasteiger partial charge on any atom is -0.342 e. The number of piperidine rings is 1. The largest absolute Gasteiger partial charge is 0.342 e. The van der Waals surface area contributed by atoms with Crippen LogP contribution in [0, 0.1) is 22.7 Å². The number of nitrogens with two attached hydrogens (primary N) is 1. The van der Waals surface area contributed by atoms with Gasteiger partial charge in [-0.3, -0.25) is 4.79 Å². The summed E-state index contributed by atoms with van der Waals surface area (Å²) < 4.78 is 0. The van der Waals surface area contributed by atoms with E-state index in [0.29, 0.717) is 11.8 Å². The van der Waals surface area contributed by atoms with Crippen LogP contribution in [0.3, 0.4) is 0 Å². The second kappa shape index (κ2) is 4.68. The van der Waals surface area contributed by atoms with Crippen LogP contribution >= 0.6 is 12.4 Å². The molecule has 106 valence electrons. The Morgan fingerprint density at radius 1 is 1.22 bits per heavy atom. The van der Waals surface area contributed by atoms with Gasteiger partial charge in [0.25, 0.3) is 0 Å². The molecule has 2 N–H and O–H groups in total. The molecule has 3 nitrogen and oxygen atoms in total. The van der Waals surface area contributed by atoms with Gasteiger partial charge < -0.3 is 10.6 Å². The van der Waals surface area contributed by atoms with Gasteiger partial charge in [0.1, 0.15) is 0 Å². The first kappa shape index (κ1) is 15.8. The standard InChI is InChI=1S/C14H26N2O.ClH/c1-9-8-16(7-6-10(9)15)12(17)11-13(2,3)14(11,4)5;/h9-11H,6-8,15H2,1-5H3;1H. The smallest absolute Gasteiger partial charge is 0.226 e. The van der Waals surface area contributed by atoms with E-state index in [1.165, 1.54) is 0 Å². The lowest BCUT2D eigenvalue weighted by Crippen LogP contribution is -2.49. The average molecular weight is 275 g/mol. The van der Waals surface area contributed by atoms with Crippen LogP contribution in [0.25, 0.3) is 0 Å². The average Bonchev–Trinajstić information content (AvgIpc) is 2.61. The Labute approximate surface area is 117 Å². The van der Waals surface area contributed by atoms with Gasteiger partial charge in [0.15, 0.2) is 0 Å². The van der Waals surface area contributed by atoms with E-state index in [0.717, 1.165) is 19.5 Å². The summed E-state index contributed by atoms with van der Waals surface area (Å²) in [5, 5.41) is 0. The quantitative estimate of drug-likeness (QED) is 0.797. The zero-order chi connectivity index (χ0) is 13.0. The predicted molar refractivity (Wildman–Crippen MR) is 76.6 cm³/mol. The second-order valence-electron chi connectivity index (χ2n) is 7.09. The van der Waals surface area contributed by atoms with Crippen molar-refractivity contribution in [3.63, 3.8) is 0 Å². The highest BCUT2D eigenvalue weighted by molar-refractivity contribution is 5.85. The molecule has 1 saturated carbocycles. The molecule has 2 aliphatic rings. The molecule has 1 amide bonds. The SMILES string of the molecule is CC1CN(C(=O)C2C(C)(C)C2(C)C)CCC1N.Cl. The number of hydrogen-bond acceptors (Lipinski definition) is 2. The molecule has 2 unspecified atom stereocenters. The van der Waals surface area contributed by atoms with Crippen molar-refractivity contribution in [3.8, 4) is 0 Å². The molecule has 1 aliphatic carbocycles. The lowest BCUT2D eigenvalue weighted by Gasteiger charge is -2.35. The number of carbonyl (C=O) groups excluding carboxylic acids is 1. The molecule has 18 heavy (non-hydrogen) atoms. The van der Waals surface area contributed by atoms with E-state index >= 15 is 0 Å². The summed E-state index contributed by atoms with van der Waals surface area (Å²) in [5.41, 5.74) is 6.29. The van der Waals surface area contributed by atoms with Gasteiger partial charge in [0.2, 0.25) is 5.91 Å². The minimum absolute atomic E-state index is 0. The molecule has 4 heteroatoms. The van der Waals surface area contributed by atoms with Crippen molar-refractivity contribution < 1.29 is 4.79 Å². The van der Waals surface area contributed by atoms with Gasteiger partial charge >= 0.3 is 0 Å². The summed E-state index contributed by atoms with van der Waals surface area (Å²) in [6.45, 7) is 12.6. The number of likely N-dealkylation sites (tertiary alicyclic amines) is 1. The topological polar surface area (TPSA) is 46.3 Å². The van der Waals surface area contributed by atoms with Crippen molar-refractivity contribution in [2.45, 2.75) is 47.1 Å². The second-order valence-corrected chi connectivity index (χ2v) is 7.09. The lowest BCUT2D eigenvalue weighted by molar-refractivity contribution is -0.135. The fraction of sp³-hybridized carbons (Fsp3) is 0.929. The van der Waals surface area contributed by atoms with Crippen LogP contribution in [0.5, 0.6) is 0 Å². The highest BCUT2D eigenvalue weighted by Gasteiger charge is 2.68. The molecule has 0 spiro atoms. The summed E-state index contributed by atoms with van der Waals surface area (Å²) >= 11 is 0. The Morgan fingerprint density at radius 2 is 1.72 bits per heavy atom. The van der Waals surface area contributed by atoms with Crippen LogP contribution in [-0.4, -0.2) is 29.9 Å². The van der Waals surface area contributed by atoms with Gasteiger partial charge in [-0.25, -0.2) is 0 Å². The molecular weight excluding hydrogens is 248 g/mol. The summed E-state index contributed by atoms with van der Waals surface area (Å²) in [5.74, 6) is 0.966. The van der Waals surface area contributed by atoms with E-state index in [1.807, 2.05) is 4.90 Å². The summed E-state index contributed by atoms with van der Waals surface area (Å²) in [6, 6.07) is 0.263. The van der Waals surface area contributed by atoms with E-state index in [-0.39, 0.29) is 35.2 Å². The number of amides is 1. The van der Waals surface area contributed by atoms with Crippen molar-refractivity contribution in [1.29, 1.82) is 0 Å². The third kappa shape index (κ3) is 2.16. The molecular formula is C14H27ClN2O. The maximum absolute atomic E-state index is 12.5. The van der Waals surface area contributed by atoms with Crippen molar-refractivity contribution in [1.82, 2.24) is 4.90 Å². The Hall–Kier alpha value is -0.280. The third-order valence-corrected chi connectivity index (χ3v) is 5.55. The molecule has 1 saturated heterocycles. The van der Waals surface area contributed by atoms with Gasteiger partial charge in [0, 0.05) is 25.0 Å². The molecule has 2 rings (SSSR count). The zero-order valence-electron chi connectivity index (χ0n) is 12.2. The number of rotatable bonds is 1. The van der Waals surface area contributed by atoms with Crippen LogP contribution in [0.2, 0.25) is 0 Å². The van der Waals surface area contributed by atoms with Crippen LogP contribution in [0.1, 0.15) is 41.0 Å². The van der Waals surface area contributed by atoms with Crippen molar-refractivity contribution >= 4 is 18.3 Å². The molecule has 0 aromatic rings. The number of halogens is 1. The fourth-order valence-corrected chi connectivity index (χ4v) is 3.36. The molecule has 0 aromatic carbocycles. The third-order valence-electron chi connectivity index (χ3n) is 5.55. The Kier molecular flexibility index (Phi) is 4.10. The number of nitrogens with zero attached hydrogens (tertiary/aromatic N) is 1. The normalized spacial score (nSPS) is 33.8. The minimum atomic E-state index is 0. The Balaban J connectivity index is 0.00000162. The van der Waals surface area contributed by atoms with Crippen LogP contribution in [-0.2, 0) is 4.79 Å². The zero-order valence-corrected chi connectivity index (χ0v) is 13.0. The fourth-order valence-electron chi connectivity index (χ4n) is 3.36. The van der Waals surface area contributed by atoms with Gasteiger partial charge in [-0.2, -0.15) is 0 Å². The van der Waals surface area contributed by atoms with Crippen LogP contribution in [0.15, 0.2) is 0 Å². The van der Waals surface area contributed by atoms with E-state index in [2.05, 4.69) is 34.6 Å². The van der Waals surface area contributed by atoms with Gasteiger partial charge in [-0.1, -0.05) is 34.6 Å². The lowest BCUT2D eigenvalue weighted by atomic mass is 9.94. The van der Waals surface area contributed by atoms with Crippen molar-refractivity contribution in [2.75, 3.05) is 13.1 Å². The summed E-state index contributed by atoms with van der Waals surface area (Å²) in [6.07, 6.45) is 0.945. The number of hydrogen-bond donors (Lipinski definition) is 1. The van der Waals surface area contributed by atoms with Crippen LogP contribution < -0.4 is 5.73 Å². The monoisotopic (exact) mass is 274 g/mol. The highest BCUT2D eigenvalue weighted by atomic mass is 35.5. The first-order chi connectivity index (χ1) is 7.69. The van der Waals surface area contributed by atoms with E-state index in [1.54, 1.807) is 0 Å². The van der Waals surface area contributed by atoms with Gasteiger partial charge in [0.05, 0.1) is 0 Å². The summed E-state index contributed by atoms with van der Waals surface area (Å²) in [7, 11) is 0. The first-order valence-corrected chi connectivity index (χ1v) is 6.74. The van der Waals surface area contributed by atoms with E-state index < -0.39 is 0 Å². The van der Waals surface area contributed by atoms with Crippen LogP contribution in [0.4, 0.5) is 0 Å². The highest BCUT2D eigenvalue weighted by Crippen LogP contribution is 2.68. The van der Waals surface area contributed by atoms with Gasteiger partial charge in [-0.05, 0) is 23.2 Å². The molecule has 0 aromatic heterocycles. The first-order valence-electron chi connectivity index (χ1n) is 6.74. The van der Waals surface area contributed by atoms with Gasteiger partial charge in [-0.15, -0.1) is 12.4 Å². The predicted octanol–water partition coefficient (Wildman–Crippen LogP) is 2.29. The molecule has 2 fully saturated rings. The maximum Gasteiger partial charge on any atom is 0.226 e. The van der Waals surface area contributed by atoms with Crippen molar-refractivity contribution in [2.24, 2.45) is 28.4 Å². The van der Waals surface area contributed by atoms with E-state index in [4.69, 9.17) is 5.73 Å². The van der Waals surface area contributed by atoms with E-state index in [9.17, 15) is 4.79 Å². The molecule has 1 heterocycles. The Morgan fingerprint density at radius 3 is 2.11 bits per heavy atom. The van der Waals surface area contributed by atoms with Crippen molar-refractivity contribution in [3.05, 3.63) is 0 Å². The molecule has 1 aliphatic heterocycles. The number of carbonyl (C=O) groups is 1. The molecule has 0 bridgehead atoms. The molecule has 0 radical (unpaired) electrons. The summed E-state index contributed by atoms with van der Waals surface area (Å²) in [4.78, 5) is 14.6.